The van der Waals surface area contributed by atoms with Crippen molar-refractivity contribution >= 4 is 34.5 Å². The molecular formula is C23H26N4O3. The Bertz CT molecular complexity index is 1060. The minimum atomic E-state index is -0.607. The molecule has 1 N–H and O–H groups in total. The number of amides is 2. The van der Waals surface area contributed by atoms with Gasteiger partial charge in [-0.2, -0.15) is 0 Å². The molecule has 0 saturated carbocycles. The number of fused-ring (bicyclic) bond motifs is 3. The van der Waals surface area contributed by atoms with Crippen LogP contribution < -0.4 is 10.2 Å². The van der Waals surface area contributed by atoms with Gasteiger partial charge in [-0.3, -0.25) is 19.1 Å². The first-order valence-electron chi connectivity index (χ1n) is 10.3. The highest BCUT2D eigenvalue weighted by molar-refractivity contribution is 6.05. The number of hydrogen-bond donors (Lipinski definition) is 1. The summed E-state index contributed by atoms with van der Waals surface area (Å²) in [5.41, 5.74) is 3.62. The first-order valence-corrected chi connectivity index (χ1v) is 10.3. The molecule has 7 nitrogen and oxygen atoms in total. The van der Waals surface area contributed by atoms with E-state index in [1.165, 1.54) is 5.56 Å². The molecule has 0 radical (unpaired) electrons. The molecule has 0 saturated heterocycles. The molecule has 1 aromatic heterocycles. The Morgan fingerprint density at radius 1 is 1.17 bits per heavy atom. The zero-order valence-corrected chi connectivity index (χ0v) is 17.3. The summed E-state index contributed by atoms with van der Waals surface area (Å²) in [4.78, 5) is 32.3. The van der Waals surface area contributed by atoms with Gasteiger partial charge in [0.15, 0.2) is 0 Å². The van der Waals surface area contributed by atoms with Gasteiger partial charge in [-0.05, 0) is 42.7 Å². The van der Waals surface area contributed by atoms with Gasteiger partial charge >= 0.3 is 0 Å². The summed E-state index contributed by atoms with van der Waals surface area (Å²) in [7, 11) is 1.64. The van der Waals surface area contributed by atoms with Gasteiger partial charge in [0.05, 0.1) is 17.5 Å². The molecule has 0 aliphatic carbocycles. The Hall–Kier alpha value is -3.19. The summed E-state index contributed by atoms with van der Waals surface area (Å²) in [5.74, 6) is 0.304. The van der Waals surface area contributed by atoms with E-state index in [2.05, 4.69) is 17.2 Å². The second-order valence-corrected chi connectivity index (χ2v) is 7.43. The zero-order chi connectivity index (χ0) is 21.1. The summed E-state index contributed by atoms with van der Waals surface area (Å²) < 4.78 is 7.02. The number of aryl methyl sites for hydroxylation is 1. The number of hydrogen-bond acceptors (Lipinski definition) is 4. The van der Waals surface area contributed by atoms with E-state index in [9.17, 15) is 9.59 Å². The Labute approximate surface area is 175 Å². The number of benzene rings is 2. The largest absolute Gasteiger partial charge is 0.385 e. The van der Waals surface area contributed by atoms with Crippen molar-refractivity contribution in [1.29, 1.82) is 0 Å². The smallest absolute Gasteiger partial charge is 0.253 e. The number of carbonyl (C=O) groups is 2. The lowest BCUT2D eigenvalue weighted by Gasteiger charge is -2.15. The molecule has 0 spiro atoms. The Morgan fingerprint density at radius 3 is 2.67 bits per heavy atom. The van der Waals surface area contributed by atoms with Crippen LogP contribution in [-0.4, -0.2) is 41.6 Å². The lowest BCUT2D eigenvalue weighted by molar-refractivity contribution is -0.124. The summed E-state index contributed by atoms with van der Waals surface area (Å²) in [6.45, 7) is 3.15. The van der Waals surface area contributed by atoms with Gasteiger partial charge in [0, 0.05) is 25.9 Å². The van der Waals surface area contributed by atoms with Crippen LogP contribution in [0.4, 0.5) is 11.6 Å². The highest BCUT2D eigenvalue weighted by Crippen LogP contribution is 2.36. The van der Waals surface area contributed by atoms with Crippen molar-refractivity contribution in [2.75, 3.05) is 30.5 Å². The first-order chi connectivity index (χ1) is 14.6. The average molecular weight is 406 g/mol. The second-order valence-electron chi connectivity index (χ2n) is 7.43. The number of para-hydroxylation sites is 2. The zero-order valence-electron chi connectivity index (χ0n) is 17.3. The first kappa shape index (κ1) is 20.1. The number of imidazole rings is 1. The van der Waals surface area contributed by atoms with E-state index < -0.39 is 6.04 Å². The summed E-state index contributed by atoms with van der Waals surface area (Å²) >= 11 is 0. The maximum Gasteiger partial charge on any atom is 0.253 e. The van der Waals surface area contributed by atoms with Crippen LogP contribution in [0.1, 0.15) is 31.4 Å². The summed E-state index contributed by atoms with van der Waals surface area (Å²) in [6, 6.07) is 14.9. The Morgan fingerprint density at radius 2 is 1.93 bits per heavy atom. The number of nitrogens with one attached hydrogen (secondary N) is 1. The minimum Gasteiger partial charge on any atom is -0.385 e. The monoisotopic (exact) mass is 406 g/mol. The van der Waals surface area contributed by atoms with Crippen LogP contribution in [0.15, 0.2) is 48.5 Å². The second kappa shape index (κ2) is 8.67. The summed E-state index contributed by atoms with van der Waals surface area (Å²) in [5, 5.41) is 2.92. The molecule has 3 aromatic rings. The molecule has 0 bridgehead atoms. The number of anilines is 2. The third-order valence-corrected chi connectivity index (χ3v) is 5.44. The van der Waals surface area contributed by atoms with E-state index in [0.717, 1.165) is 23.1 Å². The van der Waals surface area contributed by atoms with E-state index in [0.29, 0.717) is 25.5 Å². The SMILES string of the molecule is CCc1ccc(NC(=O)C[C@@H]2C(=O)N(CCCOC)c3nc4ccccc4n32)cc1. The normalized spacial score (nSPS) is 15.6. The predicted octanol–water partition coefficient (Wildman–Crippen LogP) is 3.55. The van der Waals surface area contributed by atoms with Crippen molar-refractivity contribution < 1.29 is 14.3 Å². The number of nitrogens with zero attached hydrogens (tertiary/aromatic N) is 3. The van der Waals surface area contributed by atoms with Crippen LogP contribution in [-0.2, 0) is 20.7 Å². The molecule has 2 heterocycles. The van der Waals surface area contributed by atoms with Crippen molar-refractivity contribution in [2.24, 2.45) is 0 Å². The van der Waals surface area contributed by atoms with Crippen LogP contribution in [0, 0.1) is 0 Å². The van der Waals surface area contributed by atoms with Crippen LogP contribution in [0.2, 0.25) is 0 Å². The van der Waals surface area contributed by atoms with Crippen LogP contribution in [0.5, 0.6) is 0 Å². The van der Waals surface area contributed by atoms with Crippen molar-refractivity contribution in [3.8, 4) is 0 Å². The van der Waals surface area contributed by atoms with E-state index in [1.807, 2.05) is 53.1 Å². The molecule has 30 heavy (non-hydrogen) atoms. The molecular weight excluding hydrogens is 380 g/mol. The number of rotatable bonds is 8. The van der Waals surface area contributed by atoms with Gasteiger partial charge in [-0.15, -0.1) is 0 Å². The maximum absolute atomic E-state index is 13.2. The fraction of sp³-hybridized carbons (Fsp3) is 0.348. The van der Waals surface area contributed by atoms with Crippen molar-refractivity contribution in [1.82, 2.24) is 9.55 Å². The predicted molar refractivity (Wildman–Crippen MR) is 117 cm³/mol. The van der Waals surface area contributed by atoms with Crippen LogP contribution in [0.3, 0.4) is 0 Å². The van der Waals surface area contributed by atoms with E-state index in [-0.39, 0.29) is 18.2 Å². The molecule has 4 rings (SSSR count). The van der Waals surface area contributed by atoms with Gasteiger partial charge < -0.3 is 10.1 Å². The molecule has 1 aliphatic rings. The molecule has 156 valence electrons. The van der Waals surface area contributed by atoms with Crippen molar-refractivity contribution in [3.63, 3.8) is 0 Å². The lowest BCUT2D eigenvalue weighted by Crippen LogP contribution is -2.32. The number of carbonyl (C=O) groups excluding carboxylic acids is 2. The molecule has 1 aliphatic heterocycles. The fourth-order valence-corrected chi connectivity index (χ4v) is 3.89. The summed E-state index contributed by atoms with van der Waals surface area (Å²) in [6.07, 6.45) is 1.71. The molecule has 0 unspecified atom stereocenters. The number of methoxy groups -OCH3 is 1. The van der Waals surface area contributed by atoms with E-state index in [1.54, 1.807) is 12.0 Å². The quantitative estimate of drug-likeness (QED) is 0.581. The van der Waals surface area contributed by atoms with Gasteiger partial charge in [-0.1, -0.05) is 31.2 Å². The third-order valence-electron chi connectivity index (χ3n) is 5.44. The van der Waals surface area contributed by atoms with Gasteiger partial charge in [-0.25, -0.2) is 4.98 Å². The van der Waals surface area contributed by atoms with Crippen LogP contribution >= 0.6 is 0 Å². The van der Waals surface area contributed by atoms with Crippen molar-refractivity contribution in [3.05, 3.63) is 54.1 Å². The topological polar surface area (TPSA) is 76.5 Å². The highest BCUT2D eigenvalue weighted by atomic mass is 16.5. The molecule has 7 heteroatoms. The number of aromatic nitrogens is 2. The van der Waals surface area contributed by atoms with Gasteiger partial charge in [0.1, 0.15) is 6.04 Å². The highest BCUT2D eigenvalue weighted by Gasteiger charge is 2.40. The third kappa shape index (κ3) is 3.80. The fourth-order valence-electron chi connectivity index (χ4n) is 3.89. The molecule has 2 amide bonds. The molecule has 0 fully saturated rings. The van der Waals surface area contributed by atoms with E-state index in [4.69, 9.17) is 4.74 Å². The van der Waals surface area contributed by atoms with Gasteiger partial charge in [0.2, 0.25) is 11.9 Å². The van der Waals surface area contributed by atoms with E-state index >= 15 is 0 Å². The van der Waals surface area contributed by atoms with Crippen LogP contribution in [0.25, 0.3) is 11.0 Å². The average Bonchev–Trinajstić information content (AvgIpc) is 3.24. The van der Waals surface area contributed by atoms with Crippen molar-refractivity contribution in [2.45, 2.75) is 32.2 Å². The standard InChI is InChI=1S/C23H26N4O3/c1-3-16-9-11-17(12-10-16)24-21(28)15-20-22(29)26(13-6-14-30-2)23-25-18-7-4-5-8-19(18)27(20)23/h4-5,7-12,20H,3,6,13-15H2,1-2H3,(H,24,28)/t20-/m1/s1. The molecule has 2 aromatic carbocycles. The molecule has 1 atom stereocenters. The lowest BCUT2D eigenvalue weighted by atomic mass is 10.1. The van der Waals surface area contributed by atoms with Gasteiger partial charge in [0.25, 0.3) is 5.91 Å². The maximum atomic E-state index is 13.2. The minimum absolute atomic E-state index is 0.0580. The number of ether oxygens (including phenoxy) is 1. The Kier molecular flexibility index (Phi) is 5.81. The Balaban J connectivity index is 1.57.